The first-order valence-corrected chi connectivity index (χ1v) is 5.32. The van der Waals surface area contributed by atoms with Crippen LogP contribution < -0.4 is 11.1 Å². The van der Waals surface area contributed by atoms with Gasteiger partial charge in [0.05, 0.1) is 16.4 Å². The van der Waals surface area contributed by atoms with Crippen molar-refractivity contribution in [3.8, 4) is 0 Å². The number of rotatable bonds is 2. The average Bonchev–Trinajstić information content (AvgIpc) is 2.89. The molecule has 2 unspecified atom stereocenters. The van der Waals surface area contributed by atoms with Crippen LogP contribution >= 0.6 is 11.6 Å². The van der Waals surface area contributed by atoms with Gasteiger partial charge in [0.2, 0.25) is 5.91 Å². The van der Waals surface area contributed by atoms with Crippen molar-refractivity contribution in [3.05, 3.63) is 23.2 Å². The number of halogens is 1. The molecule has 1 aliphatic rings. The predicted molar refractivity (Wildman–Crippen MR) is 61.8 cm³/mol. The number of hydrogen-bond acceptors (Lipinski definition) is 2. The number of nitrogens with two attached hydrogens (primary N) is 1. The molecular formula is C11H13ClN2O. The second-order valence-electron chi connectivity index (χ2n) is 4.01. The van der Waals surface area contributed by atoms with Crippen LogP contribution in [0, 0.1) is 11.8 Å². The number of nitrogen functional groups attached to an aromatic ring is 1. The molecule has 1 aromatic carbocycles. The van der Waals surface area contributed by atoms with Gasteiger partial charge in [-0.25, -0.2) is 0 Å². The molecule has 0 spiro atoms. The third-order valence-corrected chi connectivity index (χ3v) is 3.06. The summed E-state index contributed by atoms with van der Waals surface area (Å²) in [5.41, 5.74) is 6.76. The number of para-hydroxylation sites is 1. The van der Waals surface area contributed by atoms with Gasteiger partial charge in [-0.2, -0.15) is 0 Å². The minimum Gasteiger partial charge on any atom is -0.397 e. The highest BCUT2D eigenvalue weighted by Crippen LogP contribution is 2.39. The topological polar surface area (TPSA) is 55.1 Å². The molecule has 2 rings (SSSR count). The summed E-state index contributed by atoms with van der Waals surface area (Å²) in [6.07, 6.45) is 0.955. The van der Waals surface area contributed by atoms with Crippen molar-refractivity contribution in [2.75, 3.05) is 11.1 Å². The summed E-state index contributed by atoms with van der Waals surface area (Å²) in [5, 5.41) is 3.26. The Morgan fingerprint density at radius 2 is 2.27 bits per heavy atom. The number of amides is 1. The molecule has 1 fully saturated rings. The van der Waals surface area contributed by atoms with E-state index in [2.05, 4.69) is 12.2 Å². The van der Waals surface area contributed by atoms with Crippen LogP contribution in [0.3, 0.4) is 0 Å². The van der Waals surface area contributed by atoms with Crippen molar-refractivity contribution >= 4 is 28.9 Å². The molecule has 1 aliphatic carbocycles. The molecule has 0 aliphatic heterocycles. The number of benzene rings is 1. The molecule has 1 amide bonds. The highest BCUT2D eigenvalue weighted by molar-refractivity contribution is 6.34. The fourth-order valence-corrected chi connectivity index (χ4v) is 1.81. The highest BCUT2D eigenvalue weighted by atomic mass is 35.5. The molecule has 15 heavy (non-hydrogen) atoms. The Balaban J connectivity index is 2.13. The molecule has 1 saturated carbocycles. The first-order valence-electron chi connectivity index (χ1n) is 4.94. The van der Waals surface area contributed by atoms with E-state index in [-0.39, 0.29) is 11.8 Å². The maximum absolute atomic E-state index is 11.7. The fraction of sp³-hybridized carbons (Fsp3) is 0.364. The Kier molecular flexibility index (Phi) is 2.57. The van der Waals surface area contributed by atoms with Crippen molar-refractivity contribution in [1.29, 1.82) is 0 Å². The lowest BCUT2D eigenvalue weighted by Gasteiger charge is -2.09. The molecule has 80 valence electrons. The summed E-state index contributed by atoms with van der Waals surface area (Å²) < 4.78 is 0. The van der Waals surface area contributed by atoms with Gasteiger partial charge in [-0.3, -0.25) is 4.79 Å². The summed E-state index contributed by atoms with van der Waals surface area (Å²) in [7, 11) is 0. The molecular weight excluding hydrogens is 212 g/mol. The van der Waals surface area contributed by atoms with Gasteiger partial charge in [-0.05, 0) is 24.5 Å². The van der Waals surface area contributed by atoms with Crippen LogP contribution in [0.5, 0.6) is 0 Å². The van der Waals surface area contributed by atoms with E-state index in [9.17, 15) is 4.79 Å². The predicted octanol–water partition coefficient (Wildman–Crippen LogP) is 2.52. The summed E-state index contributed by atoms with van der Waals surface area (Å²) in [4.78, 5) is 11.7. The second-order valence-corrected chi connectivity index (χ2v) is 4.42. The van der Waals surface area contributed by atoms with E-state index < -0.39 is 0 Å². The third kappa shape index (κ3) is 2.07. The monoisotopic (exact) mass is 224 g/mol. The third-order valence-electron chi connectivity index (χ3n) is 2.74. The zero-order valence-electron chi connectivity index (χ0n) is 8.46. The highest BCUT2D eigenvalue weighted by Gasteiger charge is 2.39. The van der Waals surface area contributed by atoms with Gasteiger partial charge in [-0.15, -0.1) is 0 Å². The van der Waals surface area contributed by atoms with Gasteiger partial charge in [-0.1, -0.05) is 24.6 Å². The average molecular weight is 225 g/mol. The molecule has 0 aromatic heterocycles. The maximum Gasteiger partial charge on any atom is 0.227 e. The van der Waals surface area contributed by atoms with Crippen molar-refractivity contribution in [2.24, 2.45) is 11.8 Å². The number of carbonyl (C=O) groups excluding carboxylic acids is 1. The first kappa shape index (κ1) is 10.3. The van der Waals surface area contributed by atoms with E-state index >= 15 is 0 Å². The fourth-order valence-electron chi connectivity index (χ4n) is 1.58. The first-order chi connectivity index (χ1) is 7.09. The minimum atomic E-state index is 0.0160. The quantitative estimate of drug-likeness (QED) is 0.759. The van der Waals surface area contributed by atoms with Gasteiger partial charge >= 0.3 is 0 Å². The maximum atomic E-state index is 11.7. The molecule has 0 bridgehead atoms. The molecule has 0 radical (unpaired) electrons. The van der Waals surface area contributed by atoms with Crippen molar-refractivity contribution < 1.29 is 4.79 Å². The Morgan fingerprint density at radius 3 is 2.80 bits per heavy atom. The van der Waals surface area contributed by atoms with Crippen molar-refractivity contribution in [3.63, 3.8) is 0 Å². The van der Waals surface area contributed by atoms with Crippen molar-refractivity contribution in [2.45, 2.75) is 13.3 Å². The van der Waals surface area contributed by atoms with E-state index in [1.54, 1.807) is 18.2 Å². The Labute approximate surface area is 93.6 Å². The largest absolute Gasteiger partial charge is 0.397 e. The SMILES string of the molecule is CC1CC1C(=O)Nc1c(N)cccc1Cl. The molecule has 2 atom stereocenters. The van der Waals surface area contributed by atoms with Gasteiger partial charge < -0.3 is 11.1 Å². The molecule has 3 N–H and O–H groups in total. The Morgan fingerprint density at radius 1 is 1.60 bits per heavy atom. The van der Waals surface area contributed by atoms with Crippen LogP contribution in [-0.2, 0) is 4.79 Å². The van der Waals surface area contributed by atoms with Crippen LogP contribution in [0.25, 0.3) is 0 Å². The molecule has 1 aromatic rings. The standard InChI is InChI=1S/C11H13ClN2O/c1-6-5-7(6)11(15)14-10-8(12)3-2-4-9(10)13/h2-4,6-7H,5,13H2,1H3,(H,14,15). The Hall–Kier alpha value is -1.22. The van der Waals surface area contributed by atoms with E-state index in [4.69, 9.17) is 17.3 Å². The van der Waals surface area contributed by atoms with E-state index in [1.165, 1.54) is 0 Å². The lowest BCUT2D eigenvalue weighted by Crippen LogP contribution is -2.15. The lowest BCUT2D eigenvalue weighted by molar-refractivity contribution is -0.117. The second kappa shape index (κ2) is 3.74. The van der Waals surface area contributed by atoms with E-state index in [0.29, 0.717) is 22.3 Å². The van der Waals surface area contributed by atoms with Crippen LogP contribution in [0.2, 0.25) is 5.02 Å². The lowest BCUT2D eigenvalue weighted by atomic mass is 10.2. The van der Waals surface area contributed by atoms with Crippen LogP contribution in [-0.4, -0.2) is 5.91 Å². The van der Waals surface area contributed by atoms with Gasteiger partial charge in [0.1, 0.15) is 0 Å². The summed E-state index contributed by atoms with van der Waals surface area (Å²) in [6.45, 7) is 2.06. The zero-order chi connectivity index (χ0) is 11.0. The number of hydrogen-bond donors (Lipinski definition) is 2. The zero-order valence-corrected chi connectivity index (χ0v) is 9.21. The molecule has 0 saturated heterocycles. The van der Waals surface area contributed by atoms with E-state index in [0.717, 1.165) is 6.42 Å². The van der Waals surface area contributed by atoms with Crippen LogP contribution in [0.4, 0.5) is 11.4 Å². The Bertz CT molecular complexity index is 385. The number of carbonyl (C=O) groups is 1. The molecule has 0 heterocycles. The van der Waals surface area contributed by atoms with Gasteiger partial charge in [0.15, 0.2) is 0 Å². The minimum absolute atomic E-state index is 0.0160. The van der Waals surface area contributed by atoms with Gasteiger partial charge in [0, 0.05) is 5.92 Å². The summed E-state index contributed by atoms with van der Waals surface area (Å²) in [6, 6.07) is 5.19. The summed E-state index contributed by atoms with van der Waals surface area (Å²) in [5.74, 6) is 0.622. The summed E-state index contributed by atoms with van der Waals surface area (Å²) >= 11 is 5.94. The van der Waals surface area contributed by atoms with Crippen molar-refractivity contribution in [1.82, 2.24) is 0 Å². The van der Waals surface area contributed by atoms with Gasteiger partial charge in [0.25, 0.3) is 0 Å². The van der Waals surface area contributed by atoms with Crippen LogP contribution in [0.1, 0.15) is 13.3 Å². The molecule has 3 nitrogen and oxygen atoms in total. The number of nitrogens with one attached hydrogen (secondary N) is 1. The normalized spacial score (nSPS) is 23.6. The smallest absolute Gasteiger partial charge is 0.227 e. The molecule has 4 heteroatoms. The van der Waals surface area contributed by atoms with E-state index in [1.807, 2.05) is 0 Å². The van der Waals surface area contributed by atoms with Crippen LogP contribution in [0.15, 0.2) is 18.2 Å². The number of anilines is 2.